The molecule has 0 aliphatic heterocycles. The fraction of sp³-hybridized carbons (Fsp3) is 0.643. The van der Waals surface area contributed by atoms with Gasteiger partial charge in [0.05, 0.1) is 20.3 Å². The lowest BCUT2D eigenvalue weighted by Gasteiger charge is -2.16. The van der Waals surface area contributed by atoms with Crippen LogP contribution in [0.3, 0.4) is 0 Å². The highest BCUT2D eigenvalue weighted by Gasteiger charge is 2.23. The lowest BCUT2D eigenvalue weighted by molar-refractivity contribution is -0.148. The van der Waals surface area contributed by atoms with Gasteiger partial charge in [-0.25, -0.2) is 9.59 Å². The minimum atomic E-state index is -0.622. The maximum absolute atomic E-state index is 12.9. The van der Waals surface area contributed by atoms with E-state index in [0.717, 1.165) is 51.4 Å². The number of carbonyl (C=O) groups excluding carboxylic acids is 2. The zero-order valence-electron chi connectivity index (χ0n) is 21.4. The molecule has 5 heteroatoms. The van der Waals surface area contributed by atoms with Crippen LogP contribution in [0.15, 0.2) is 29.8 Å². The molecule has 0 fully saturated rings. The Morgan fingerprint density at radius 1 is 0.818 bits per heavy atom. The third-order valence-electron chi connectivity index (χ3n) is 6.16. The molecule has 1 aromatic rings. The summed E-state index contributed by atoms with van der Waals surface area (Å²) in [7, 11) is 1.60. The maximum Gasteiger partial charge on any atom is 0.345 e. The fourth-order valence-corrected chi connectivity index (χ4v) is 3.68. The molecule has 1 aromatic carbocycles. The van der Waals surface area contributed by atoms with E-state index in [1.54, 1.807) is 37.5 Å². The molecular weight excluding hydrogens is 416 g/mol. The van der Waals surface area contributed by atoms with Gasteiger partial charge in [0.1, 0.15) is 11.3 Å². The maximum atomic E-state index is 12.9. The van der Waals surface area contributed by atoms with Crippen molar-refractivity contribution in [3.63, 3.8) is 0 Å². The summed E-state index contributed by atoms with van der Waals surface area (Å²) in [5, 5.41) is 0. The van der Waals surface area contributed by atoms with E-state index in [1.165, 1.54) is 6.42 Å². The van der Waals surface area contributed by atoms with E-state index in [2.05, 4.69) is 27.7 Å². The van der Waals surface area contributed by atoms with Crippen molar-refractivity contribution >= 4 is 18.0 Å². The minimum Gasteiger partial charge on any atom is -0.497 e. The van der Waals surface area contributed by atoms with Crippen LogP contribution in [-0.2, 0) is 19.1 Å². The van der Waals surface area contributed by atoms with Gasteiger partial charge < -0.3 is 14.2 Å². The zero-order valence-corrected chi connectivity index (χ0v) is 21.4. The number of rotatable bonds is 17. The molecule has 0 saturated carbocycles. The minimum absolute atomic E-state index is 0.0629. The number of ether oxygens (including phenoxy) is 3. The summed E-state index contributed by atoms with van der Waals surface area (Å²) < 4.78 is 16.3. The summed E-state index contributed by atoms with van der Waals surface area (Å²) in [6, 6.07) is 7.18. The number of unbranched alkanes of at least 4 members (excludes halogenated alkanes) is 2. The van der Waals surface area contributed by atoms with E-state index >= 15 is 0 Å². The van der Waals surface area contributed by atoms with Gasteiger partial charge in [-0.15, -0.1) is 0 Å². The van der Waals surface area contributed by atoms with E-state index in [-0.39, 0.29) is 5.57 Å². The summed E-state index contributed by atoms with van der Waals surface area (Å²) in [6.07, 6.45) is 11.0. The van der Waals surface area contributed by atoms with Crippen LogP contribution in [0.5, 0.6) is 5.75 Å². The molecule has 0 aliphatic carbocycles. The second-order valence-corrected chi connectivity index (χ2v) is 8.69. The van der Waals surface area contributed by atoms with E-state index in [9.17, 15) is 9.59 Å². The van der Waals surface area contributed by atoms with Gasteiger partial charge in [0.25, 0.3) is 0 Å². The van der Waals surface area contributed by atoms with Crippen molar-refractivity contribution in [3.05, 3.63) is 35.4 Å². The predicted molar refractivity (Wildman–Crippen MR) is 134 cm³/mol. The van der Waals surface area contributed by atoms with Gasteiger partial charge in [0, 0.05) is 0 Å². The van der Waals surface area contributed by atoms with Crippen LogP contribution >= 0.6 is 0 Å². The third kappa shape index (κ3) is 11.4. The van der Waals surface area contributed by atoms with Crippen molar-refractivity contribution in [2.75, 3.05) is 20.3 Å². The molecule has 5 nitrogen and oxygen atoms in total. The number of benzene rings is 1. The molecule has 0 amide bonds. The molecule has 0 spiro atoms. The SMILES string of the molecule is CCCCC(CC)CCOC(=O)/C(=C\c1ccc(OC)cc1)C(=O)OCC(CC)CCCC. The number of esters is 2. The summed E-state index contributed by atoms with van der Waals surface area (Å²) in [5.41, 5.74) is 0.652. The van der Waals surface area contributed by atoms with Crippen LogP contribution in [0.2, 0.25) is 0 Å². The molecule has 0 N–H and O–H groups in total. The van der Waals surface area contributed by atoms with Crippen LogP contribution in [0.4, 0.5) is 0 Å². The Balaban J connectivity index is 2.88. The number of hydrogen-bond acceptors (Lipinski definition) is 5. The van der Waals surface area contributed by atoms with Crippen molar-refractivity contribution in [3.8, 4) is 5.75 Å². The fourth-order valence-electron chi connectivity index (χ4n) is 3.68. The third-order valence-corrected chi connectivity index (χ3v) is 6.16. The van der Waals surface area contributed by atoms with Gasteiger partial charge in [-0.3, -0.25) is 0 Å². The molecular formula is C28H44O5. The lowest BCUT2D eigenvalue weighted by atomic mass is 9.96. The molecule has 33 heavy (non-hydrogen) atoms. The highest BCUT2D eigenvalue weighted by Crippen LogP contribution is 2.19. The Hall–Kier alpha value is -2.30. The number of methoxy groups -OCH3 is 1. The van der Waals surface area contributed by atoms with Crippen molar-refractivity contribution in [1.29, 1.82) is 0 Å². The van der Waals surface area contributed by atoms with Crippen molar-refractivity contribution < 1.29 is 23.8 Å². The number of carbonyl (C=O) groups is 2. The van der Waals surface area contributed by atoms with Crippen LogP contribution in [0.1, 0.15) is 91.0 Å². The first kappa shape index (κ1) is 28.7. The lowest BCUT2D eigenvalue weighted by Crippen LogP contribution is -2.22. The van der Waals surface area contributed by atoms with Gasteiger partial charge >= 0.3 is 11.9 Å². The molecule has 0 aromatic heterocycles. The average Bonchev–Trinajstić information content (AvgIpc) is 2.84. The average molecular weight is 461 g/mol. The molecule has 2 atom stereocenters. The van der Waals surface area contributed by atoms with Crippen LogP contribution < -0.4 is 4.74 Å². The van der Waals surface area contributed by atoms with Crippen LogP contribution in [0.25, 0.3) is 6.08 Å². The quantitative estimate of drug-likeness (QED) is 0.108. The van der Waals surface area contributed by atoms with E-state index in [1.807, 2.05) is 0 Å². The Labute approximate surface area is 200 Å². The Bertz CT molecular complexity index is 708. The van der Waals surface area contributed by atoms with Gasteiger partial charge in [-0.05, 0) is 48.4 Å². The molecule has 0 saturated heterocycles. The molecule has 186 valence electrons. The van der Waals surface area contributed by atoms with Crippen LogP contribution in [0, 0.1) is 11.8 Å². The standard InChI is InChI=1S/C28H44O5/c1-6-10-12-22(8-3)18-19-32-27(29)26(20-24-14-16-25(31-5)17-15-24)28(30)33-21-23(9-4)13-11-7-2/h14-17,20,22-23H,6-13,18-19,21H2,1-5H3/b26-20+. The largest absolute Gasteiger partial charge is 0.497 e. The second-order valence-electron chi connectivity index (χ2n) is 8.69. The molecule has 0 bridgehead atoms. The van der Waals surface area contributed by atoms with E-state index in [0.29, 0.717) is 36.4 Å². The van der Waals surface area contributed by atoms with E-state index < -0.39 is 11.9 Å². The first-order valence-electron chi connectivity index (χ1n) is 12.7. The highest BCUT2D eigenvalue weighted by atomic mass is 16.6. The van der Waals surface area contributed by atoms with Crippen molar-refractivity contribution in [1.82, 2.24) is 0 Å². The van der Waals surface area contributed by atoms with Gasteiger partial charge in [-0.1, -0.05) is 84.8 Å². The van der Waals surface area contributed by atoms with Crippen LogP contribution in [-0.4, -0.2) is 32.3 Å². The van der Waals surface area contributed by atoms with Gasteiger partial charge in [0.15, 0.2) is 0 Å². The first-order valence-corrected chi connectivity index (χ1v) is 12.7. The molecule has 0 heterocycles. The van der Waals surface area contributed by atoms with E-state index in [4.69, 9.17) is 14.2 Å². The second kappa shape index (κ2) is 17.2. The topological polar surface area (TPSA) is 61.8 Å². The summed E-state index contributed by atoms with van der Waals surface area (Å²) in [6.45, 7) is 9.21. The Morgan fingerprint density at radius 3 is 1.94 bits per heavy atom. The molecule has 1 rings (SSSR count). The normalized spacial score (nSPS) is 13.3. The molecule has 0 radical (unpaired) electrons. The number of hydrogen-bond donors (Lipinski definition) is 0. The van der Waals surface area contributed by atoms with Crippen molar-refractivity contribution in [2.45, 2.75) is 85.5 Å². The molecule has 0 aliphatic rings. The summed E-state index contributed by atoms with van der Waals surface area (Å²) in [5.74, 6) is 0.295. The summed E-state index contributed by atoms with van der Waals surface area (Å²) >= 11 is 0. The molecule has 2 unspecified atom stereocenters. The predicted octanol–water partition coefficient (Wildman–Crippen LogP) is 6.99. The Morgan fingerprint density at radius 2 is 1.39 bits per heavy atom. The smallest absolute Gasteiger partial charge is 0.345 e. The van der Waals surface area contributed by atoms with Crippen molar-refractivity contribution in [2.24, 2.45) is 11.8 Å². The van der Waals surface area contributed by atoms with Gasteiger partial charge in [-0.2, -0.15) is 0 Å². The summed E-state index contributed by atoms with van der Waals surface area (Å²) in [4.78, 5) is 25.8. The first-order chi connectivity index (χ1) is 16.0. The Kier molecular flexibility index (Phi) is 15.0. The highest BCUT2D eigenvalue weighted by molar-refractivity contribution is 6.17. The van der Waals surface area contributed by atoms with Gasteiger partial charge in [0.2, 0.25) is 0 Å². The zero-order chi connectivity index (χ0) is 24.5. The monoisotopic (exact) mass is 460 g/mol.